The number of non-ortho nitro benzene ring substituents is 1. The third-order valence-corrected chi connectivity index (χ3v) is 3.12. The predicted octanol–water partition coefficient (Wildman–Crippen LogP) is 1.74. The number of methoxy groups -OCH3 is 1. The van der Waals surface area contributed by atoms with Crippen LogP contribution in [0.2, 0.25) is 0 Å². The van der Waals surface area contributed by atoms with Crippen LogP contribution in [0.5, 0.6) is 0 Å². The predicted molar refractivity (Wildman–Crippen MR) is 65.5 cm³/mol. The molecule has 0 radical (unpaired) electrons. The Morgan fingerprint density at radius 2 is 2.11 bits per heavy atom. The summed E-state index contributed by atoms with van der Waals surface area (Å²) in [5.41, 5.74) is 0.862. The first kappa shape index (κ1) is 12.3. The summed E-state index contributed by atoms with van der Waals surface area (Å²) >= 11 is 0. The van der Waals surface area contributed by atoms with Gasteiger partial charge in [-0.2, -0.15) is 0 Å². The van der Waals surface area contributed by atoms with Crippen molar-refractivity contribution in [2.45, 2.75) is 18.9 Å². The van der Waals surface area contributed by atoms with Gasteiger partial charge < -0.3 is 9.64 Å². The molecule has 0 N–H and O–H groups in total. The molecule has 0 amide bonds. The smallest absolute Gasteiger partial charge is 0.328 e. The van der Waals surface area contributed by atoms with Gasteiger partial charge in [0.2, 0.25) is 0 Å². The van der Waals surface area contributed by atoms with Crippen molar-refractivity contribution >= 4 is 17.3 Å². The second kappa shape index (κ2) is 5.03. The fraction of sp³-hybridized carbons (Fsp3) is 0.417. The molecule has 6 nitrogen and oxygen atoms in total. The summed E-state index contributed by atoms with van der Waals surface area (Å²) in [6.07, 6.45) is 1.67. The Morgan fingerprint density at radius 3 is 2.67 bits per heavy atom. The lowest BCUT2D eigenvalue weighted by atomic mass is 10.2. The zero-order valence-electron chi connectivity index (χ0n) is 10.0. The van der Waals surface area contributed by atoms with Gasteiger partial charge in [-0.15, -0.1) is 0 Å². The number of hydrogen-bond donors (Lipinski definition) is 0. The van der Waals surface area contributed by atoms with E-state index in [0.717, 1.165) is 25.1 Å². The summed E-state index contributed by atoms with van der Waals surface area (Å²) in [7, 11) is 1.37. The lowest BCUT2D eigenvalue weighted by Gasteiger charge is -2.24. The van der Waals surface area contributed by atoms with Gasteiger partial charge >= 0.3 is 5.97 Å². The molecule has 1 aromatic carbocycles. The van der Waals surface area contributed by atoms with Crippen LogP contribution in [-0.2, 0) is 9.53 Å². The molecule has 1 heterocycles. The van der Waals surface area contributed by atoms with E-state index >= 15 is 0 Å². The standard InChI is InChI=1S/C12H14N2O4/c1-18-12(15)11-3-2-8-13(11)9-4-6-10(7-5-9)14(16)17/h4-7,11H,2-3,8H2,1H3. The Hall–Kier alpha value is -2.11. The Balaban J connectivity index is 2.20. The average molecular weight is 250 g/mol. The number of nitro groups is 1. The highest BCUT2D eigenvalue weighted by molar-refractivity contribution is 5.80. The van der Waals surface area contributed by atoms with Gasteiger partial charge in [0.05, 0.1) is 12.0 Å². The highest BCUT2D eigenvalue weighted by Crippen LogP contribution is 2.27. The molecular weight excluding hydrogens is 236 g/mol. The van der Waals surface area contributed by atoms with Gasteiger partial charge in [-0.25, -0.2) is 4.79 Å². The van der Waals surface area contributed by atoms with Crippen LogP contribution in [0.15, 0.2) is 24.3 Å². The first-order valence-electron chi connectivity index (χ1n) is 5.72. The van der Waals surface area contributed by atoms with Crippen molar-refractivity contribution in [3.8, 4) is 0 Å². The normalized spacial score (nSPS) is 18.7. The molecule has 0 aliphatic carbocycles. The fourth-order valence-electron chi connectivity index (χ4n) is 2.22. The zero-order valence-corrected chi connectivity index (χ0v) is 10.0. The summed E-state index contributed by atoms with van der Waals surface area (Å²) in [6, 6.07) is 5.94. The van der Waals surface area contributed by atoms with Crippen molar-refractivity contribution in [2.75, 3.05) is 18.6 Å². The van der Waals surface area contributed by atoms with Crippen LogP contribution in [0, 0.1) is 10.1 Å². The third-order valence-electron chi connectivity index (χ3n) is 3.12. The Morgan fingerprint density at radius 1 is 1.44 bits per heavy atom. The van der Waals surface area contributed by atoms with Crippen molar-refractivity contribution in [1.82, 2.24) is 0 Å². The molecule has 1 unspecified atom stereocenters. The molecule has 0 bridgehead atoms. The number of hydrogen-bond acceptors (Lipinski definition) is 5. The van der Waals surface area contributed by atoms with E-state index in [1.165, 1.54) is 19.2 Å². The highest BCUT2D eigenvalue weighted by Gasteiger charge is 2.31. The summed E-state index contributed by atoms with van der Waals surface area (Å²) in [5.74, 6) is -0.258. The monoisotopic (exact) mass is 250 g/mol. The van der Waals surface area contributed by atoms with E-state index in [1.54, 1.807) is 12.1 Å². The summed E-state index contributed by atoms with van der Waals surface area (Å²) in [5, 5.41) is 10.6. The largest absolute Gasteiger partial charge is 0.467 e. The van der Waals surface area contributed by atoms with E-state index in [2.05, 4.69) is 0 Å². The van der Waals surface area contributed by atoms with E-state index in [9.17, 15) is 14.9 Å². The molecular formula is C12H14N2O4. The van der Waals surface area contributed by atoms with Crippen molar-refractivity contribution in [3.63, 3.8) is 0 Å². The van der Waals surface area contributed by atoms with Crippen LogP contribution in [0.1, 0.15) is 12.8 Å². The highest BCUT2D eigenvalue weighted by atomic mass is 16.6. The maximum atomic E-state index is 11.6. The van der Waals surface area contributed by atoms with Crippen LogP contribution in [-0.4, -0.2) is 30.6 Å². The molecule has 96 valence electrons. The van der Waals surface area contributed by atoms with Crippen molar-refractivity contribution in [1.29, 1.82) is 0 Å². The Kier molecular flexibility index (Phi) is 3.45. The molecule has 0 saturated carbocycles. The van der Waals surface area contributed by atoms with Gasteiger partial charge in [-0.05, 0) is 25.0 Å². The second-order valence-electron chi connectivity index (χ2n) is 4.15. The van der Waals surface area contributed by atoms with E-state index < -0.39 is 4.92 Å². The van der Waals surface area contributed by atoms with Gasteiger partial charge in [-0.1, -0.05) is 0 Å². The number of nitro benzene ring substituents is 1. The van der Waals surface area contributed by atoms with E-state index in [-0.39, 0.29) is 17.7 Å². The van der Waals surface area contributed by atoms with Crippen LogP contribution in [0.3, 0.4) is 0 Å². The number of rotatable bonds is 3. The number of benzene rings is 1. The molecule has 1 aromatic rings. The summed E-state index contributed by atoms with van der Waals surface area (Å²) < 4.78 is 4.76. The minimum absolute atomic E-state index is 0.0487. The summed E-state index contributed by atoms with van der Waals surface area (Å²) in [6.45, 7) is 0.761. The molecule has 1 aliphatic rings. The number of carbonyl (C=O) groups is 1. The second-order valence-corrected chi connectivity index (χ2v) is 4.15. The average Bonchev–Trinajstić information content (AvgIpc) is 2.87. The van der Waals surface area contributed by atoms with Gasteiger partial charge in [0.25, 0.3) is 5.69 Å². The number of ether oxygens (including phenoxy) is 1. The van der Waals surface area contributed by atoms with Crippen molar-refractivity contribution in [3.05, 3.63) is 34.4 Å². The topological polar surface area (TPSA) is 72.7 Å². The minimum atomic E-state index is -0.439. The maximum Gasteiger partial charge on any atom is 0.328 e. The molecule has 18 heavy (non-hydrogen) atoms. The van der Waals surface area contributed by atoms with Gasteiger partial charge in [-0.3, -0.25) is 10.1 Å². The zero-order chi connectivity index (χ0) is 13.1. The first-order valence-corrected chi connectivity index (χ1v) is 5.72. The molecule has 1 fully saturated rings. The number of esters is 1. The van der Waals surface area contributed by atoms with Crippen LogP contribution in [0.25, 0.3) is 0 Å². The molecule has 1 atom stereocenters. The first-order chi connectivity index (χ1) is 8.63. The maximum absolute atomic E-state index is 11.6. The van der Waals surface area contributed by atoms with Gasteiger partial charge in [0.1, 0.15) is 6.04 Å². The molecule has 2 rings (SSSR count). The van der Waals surface area contributed by atoms with Gasteiger partial charge in [0.15, 0.2) is 0 Å². The Labute approximate surface area is 104 Å². The van der Waals surface area contributed by atoms with Crippen LogP contribution >= 0.6 is 0 Å². The van der Waals surface area contributed by atoms with Gasteiger partial charge in [0, 0.05) is 24.4 Å². The third kappa shape index (κ3) is 2.27. The van der Waals surface area contributed by atoms with Crippen molar-refractivity contribution in [2.24, 2.45) is 0 Å². The number of anilines is 1. The molecule has 1 saturated heterocycles. The van der Waals surface area contributed by atoms with Crippen LogP contribution < -0.4 is 4.90 Å². The number of carbonyl (C=O) groups excluding carboxylic acids is 1. The molecule has 0 spiro atoms. The summed E-state index contributed by atoms with van der Waals surface area (Å²) in [4.78, 5) is 23.7. The van der Waals surface area contributed by atoms with E-state index in [0.29, 0.717) is 0 Å². The molecule has 6 heteroatoms. The molecule has 1 aliphatic heterocycles. The van der Waals surface area contributed by atoms with E-state index in [1.807, 2.05) is 4.90 Å². The quantitative estimate of drug-likeness (QED) is 0.464. The fourth-order valence-corrected chi connectivity index (χ4v) is 2.22. The van der Waals surface area contributed by atoms with Crippen LogP contribution in [0.4, 0.5) is 11.4 Å². The lowest BCUT2D eigenvalue weighted by Crippen LogP contribution is -2.36. The SMILES string of the molecule is COC(=O)C1CCCN1c1ccc([N+](=O)[O-])cc1. The van der Waals surface area contributed by atoms with E-state index in [4.69, 9.17) is 4.74 Å². The minimum Gasteiger partial charge on any atom is -0.467 e. The lowest BCUT2D eigenvalue weighted by molar-refractivity contribution is -0.384. The Bertz CT molecular complexity index is 458. The molecule has 0 aromatic heterocycles. The van der Waals surface area contributed by atoms with Crippen molar-refractivity contribution < 1.29 is 14.5 Å². The number of nitrogens with zero attached hydrogens (tertiary/aromatic N) is 2.